The van der Waals surface area contributed by atoms with Gasteiger partial charge < -0.3 is 15.0 Å². The van der Waals surface area contributed by atoms with Crippen LogP contribution in [0.15, 0.2) is 30.3 Å². The molecule has 0 spiro atoms. The average Bonchev–Trinajstić information content (AvgIpc) is 3.40. The van der Waals surface area contributed by atoms with E-state index in [1.807, 2.05) is 20.8 Å². The molecule has 2 unspecified atom stereocenters. The summed E-state index contributed by atoms with van der Waals surface area (Å²) in [7, 11) is 0. The minimum atomic E-state index is -0.296. The molecule has 2 fully saturated rings. The number of benzene rings is 1. The molecular weight excluding hydrogens is 415 g/mol. The molecule has 7 nitrogen and oxygen atoms in total. The van der Waals surface area contributed by atoms with Crippen molar-refractivity contribution < 1.29 is 9.13 Å². The number of fused-ring (bicyclic) bond motifs is 2. The third kappa shape index (κ3) is 4.11. The van der Waals surface area contributed by atoms with Crippen LogP contribution in [-0.4, -0.2) is 38.3 Å². The van der Waals surface area contributed by atoms with Gasteiger partial charge in [-0.1, -0.05) is 0 Å². The van der Waals surface area contributed by atoms with Crippen molar-refractivity contribution in [3.63, 3.8) is 0 Å². The molecule has 1 N–H and O–H groups in total. The van der Waals surface area contributed by atoms with E-state index < -0.39 is 0 Å². The molecule has 31 heavy (non-hydrogen) atoms. The molecule has 1 aliphatic heterocycles. The van der Waals surface area contributed by atoms with Crippen LogP contribution >= 0.6 is 11.5 Å². The topological polar surface area (TPSA) is 68.1 Å². The van der Waals surface area contributed by atoms with Gasteiger partial charge in [-0.3, -0.25) is 0 Å². The summed E-state index contributed by atoms with van der Waals surface area (Å²) in [4.78, 5) is 7.10. The van der Waals surface area contributed by atoms with Crippen molar-refractivity contribution in [3.05, 3.63) is 41.8 Å². The molecule has 1 aromatic carbocycles. The van der Waals surface area contributed by atoms with E-state index in [-0.39, 0.29) is 11.9 Å². The molecule has 3 aromatic rings. The Morgan fingerprint density at radius 2 is 1.87 bits per heavy atom. The molecule has 2 aromatic heterocycles. The SMILES string of the molecule is Cc1cc(N2CC3CCC(C2)C3Nc2nc(Oc3ccc(F)cc3)n(C(C)C)n2)sn1. The van der Waals surface area contributed by atoms with Crippen LogP contribution < -0.4 is 15.0 Å². The van der Waals surface area contributed by atoms with Gasteiger partial charge in [-0.15, -0.1) is 5.10 Å². The van der Waals surface area contributed by atoms with Crippen molar-refractivity contribution in [2.24, 2.45) is 11.8 Å². The third-order valence-electron chi connectivity index (χ3n) is 6.17. The van der Waals surface area contributed by atoms with E-state index >= 15 is 0 Å². The number of nitrogens with one attached hydrogen (secondary N) is 1. The smallest absolute Gasteiger partial charge is 0.322 e. The predicted molar refractivity (Wildman–Crippen MR) is 120 cm³/mol. The minimum absolute atomic E-state index is 0.0895. The number of ether oxygens (including phenoxy) is 1. The molecule has 2 atom stereocenters. The lowest BCUT2D eigenvalue weighted by Gasteiger charge is -2.38. The Kier molecular flexibility index (Phi) is 5.29. The number of halogens is 1. The Labute approximate surface area is 185 Å². The Hall–Kier alpha value is -2.68. The zero-order chi connectivity index (χ0) is 21.5. The van der Waals surface area contributed by atoms with Gasteiger partial charge in [0.25, 0.3) is 0 Å². The first kappa shape index (κ1) is 20.2. The van der Waals surface area contributed by atoms with E-state index in [2.05, 4.69) is 30.7 Å². The van der Waals surface area contributed by atoms with Gasteiger partial charge in [-0.25, -0.2) is 9.07 Å². The highest BCUT2D eigenvalue weighted by atomic mass is 32.1. The fourth-order valence-electron chi connectivity index (χ4n) is 4.67. The zero-order valence-electron chi connectivity index (χ0n) is 18.0. The maximum absolute atomic E-state index is 13.2. The first-order valence-electron chi connectivity index (χ1n) is 10.8. The number of hydrogen-bond donors (Lipinski definition) is 1. The summed E-state index contributed by atoms with van der Waals surface area (Å²) >= 11 is 1.59. The van der Waals surface area contributed by atoms with Gasteiger partial charge in [-0.05, 0) is 87.3 Å². The highest BCUT2D eigenvalue weighted by molar-refractivity contribution is 7.10. The van der Waals surface area contributed by atoms with Crippen molar-refractivity contribution in [3.8, 4) is 11.8 Å². The summed E-state index contributed by atoms with van der Waals surface area (Å²) in [6.07, 6.45) is 2.42. The van der Waals surface area contributed by atoms with E-state index in [1.54, 1.807) is 28.3 Å². The van der Waals surface area contributed by atoms with Gasteiger partial charge in [0.15, 0.2) is 0 Å². The maximum Gasteiger partial charge on any atom is 0.322 e. The number of hydrogen-bond acceptors (Lipinski definition) is 7. The van der Waals surface area contributed by atoms with E-state index in [4.69, 9.17) is 4.74 Å². The van der Waals surface area contributed by atoms with Gasteiger partial charge in [0, 0.05) is 19.1 Å². The van der Waals surface area contributed by atoms with Crippen LogP contribution in [0.5, 0.6) is 11.8 Å². The maximum atomic E-state index is 13.2. The molecule has 3 heterocycles. The fourth-order valence-corrected chi connectivity index (χ4v) is 5.45. The normalized spacial score (nSPS) is 22.9. The summed E-state index contributed by atoms with van der Waals surface area (Å²) < 4.78 is 25.3. The second-order valence-electron chi connectivity index (χ2n) is 8.79. The number of piperidine rings is 1. The summed E-state index contributed by atoms with van der Waals surface area (Å²) in [5.74, 6) is 1.93. The minimum Gasteiger partial charge on any atom is -0.424 e. The number of rotatable bonds is 6. The molecule has 164 valence electrons. The zero-order valence-corrected chi connectivity index (χ0v) is 18.8. The van der Waals surface area contributed by atoms with Gasteiger partial charge >= 0.3 is 6.01 Å². The Balaban J connectivity index is 1.31. The lowest BCUT2D eigenvalue weighted by Crippen LogP contribution is -2.48. The molecule has 9 heteroatoms. The highest BCUT2D eigenvalue weighted by Gasteiger charge is 2.43. The van der Waals surface area contributed by atoms with Crippen LogP contribution in [0.2, 0.25) is 0 Å². The molecule has 1 saturated carbocycles. The average molecular weight is 443 g/mol. The van der Waals surface area contributed by atoms with Crippen LogP contribution in [-0.2, 0) is 0 Å². The van der Waals surface area contributed by atoms with Gasteiger partial charge in [0.05, 0.1) is 11.7 Å². The van der Waals surface area contributed by atoms with Crippen LogP contribution in [0.1, 0.15) is 38.4 Å². The lowest BCUT2D eigenvalue weighted by molar-refractivity contribution is 0.374. The van der Waals surface area contributed by atoms with Gasteiger partial charge in [0.2, 0.25) is 5.95 Å². The molecule has 0 amide bonds. The second kappa shape index (κ2) is 8.11. The Morgan fingerprint density at radius 1 is 1.16 bits per heavy atom. The number of aromatic nitrogens is 4. The van der Waals surface area contributed by atoms with Crippen molar-refractivity contribution >= 4 is 22.5 Å². The van der Waals surface area contributed by atoms with Crippen molar-refractivity contribution in [2.75, 3.05) is 23.3 Å². The van der Waals surface area contributed by atoms with Crippen molar-refractivity contribution in [1.29, 1.82) is 0 Å². The van der Waals surface area contributed by atoms with Gasteiger partial charge in [-0.2, -0.15) is 9.36 Å². The summed E-state index contributed by atoms with van der Waals surface area (Å²) in [6, 6.07) is 8.98. The lowest BCUT2D eigenvalue weighted by atomic mass is 9.92. The van der Waals surface area contributed by atoms with Gasteiger partial charge in [0.1, 0.15) is 16.6 Å². The van der Waals surface area contributed by atoms with Crippen LogP contribution in [0.4, 0.5) is 15.3 Å². The van der Waals surface area contributed by atoms with E-state index in [0.717, 1.165) is 18.8 Å². The molecule has 2 aliphatic rings. The summed E-state index contributed by atoms with van der Waals surface area (Å²) in [5.41, 5.74) is 1.09. The van der Waals surface area contributed by atoms with Crippen LogP contribution in [0.3, 0.4) is 0 Å². The standard InChI is InChI=1S/C22H27FN6OS/c1-13(2)29-22(30-18-8-6-17(23)7-9-18)25-21(26-29)24-20-15-4-5-16(20)12-28(11-15)19-10-14(3)27-31-19/h6-10,13,15-16,20H,4-5,11-12H2,1-3H3,(H,24,26). The molecule has 1 saturated heterocycles. The quantitative estimate of drug-likeness (QED) is 0.587. The number of anilines is 2. The van der Waals surface area contributed by atoms with Crippen LogP contribution in [0, 0.1) is 24.6 Å². The number of nitrogens with zero attached hydrogens (tertiary/aromatic N) is 5. The highest BCUT2D eigenvalue weighted by Crippen LogP contribution is 2.41. The molecule has 1 aliphatic carbocycles. The first-order valence-corrected chi connectivity index (χ1v) is 11.6. The summed E-state index contributed by atoms with van der Waals surface area (Å²) in [5, 5.41) is 9.55. The van der Waals surface area contributed by atoms with Crippen LogP contribution in [0.25, 0.3) is 0 Å². The molecule has 5 rings (SSSR count). The van der Waals surface area contributed by atoms with E-state index in [1.165, 1.54) is 30.0 Å². The largest absolute Gasteiger partial charge is 0.424 e. The predicted octanol–water partition coefficient (Wildman–Crippen LogP) is 4.88. The molecule has 0 radical (unpaired) electrons. The Morgan fingerprint density at radius 3 is 2.48 bits per heavy atom. The monoisotopic (exact) mass is 442 g/mol. The second-order valence-corrected chi connectivity index (χ2v) is 9.57. The fraction of sp³-hybridized carbons (Fsp3) is 0.500. The van der Waals surface area contributed by atoms with Crippen molar-refractivity contribution in [2.45, 2.75) is 45.7 Å². The molecule has 2 bridgehead atoms. The number of aryl methyl sites for hydroxylation is 1. The Bertz CT molecular complexity index is 1030. The van der Waals surface area contributed by atoms with Crippen molar-refractivity contribution in [1.82, 2.24) is 19.1 Å². The summed E-state index contributed by atoms with van der Waals surface area (Å²) in [6.45, 7) is 8.18. The van der Waals surface area contributed by atoms with E-state index in [0.29, 0.717) is 35.6 Å². The third-order valence-corrected chi connectivity index (χ3v) is 7.11. The molecular formula is C22H27FN6OS. The first-order chi connectivity index (χ1) is 15.0. The van der Waals surface area contributed by atoms with E-state index in [9.17, 15) is 4.39 Å².